The van der Waals surface area contributed by atoms with Crippen molar-refractivity contribution in [3.05, 3.63) is 0 Å². The number of rotatable bonds is 2. The Balaban J connectivity index is 1.53. The first-order valence-corrected chi connectivity index (χ1v) is 8.10. The topological polar surface area (TPSA) is 15.3 Å². The van der Waals surface area contributed by atoms with Crippen LogP contribution in [0.5, 0.6) is 0 Å². The van der Waals surface area contributed by atoms with Gasteiger partial charge in [-0.05, 0) is 69.0 Å². The molecule has 2 saturated heterocycles. The molecule has 2 heteroatoms. The first-order valence-electron chi connectivity index (χ1n) is 8.10. The summed E-state index contributed by atoms with van der Waals surface area (Å²) in [5.74, 6) is 2.01. The van der Waals surface area contributed by atoms with Crippen LogP contribution in [0.1, 0.15) is 52.4 Å². The lowest BCUT2D eigenvalue weighted by atomic mass is 9.85. The summed E-state index contributed by atoms with van der Waals surface area (Å²) >= 11 is 0. The van der Waals surface area contributed by atoms with Crippen molar-refractivity contribution in [2.75, 3.05) is 26.2 Å². The summed E-state index contributed by atoms with van der Waals surface area (Å²) in [7, 11) is 0. The highest BCUT2D eigenvalue weighted by atomic mass is 15.2. The molecule has 0 bridgehead atoms. The Morgan fingerprint density at radius 2 is 2.00 bits per heavy atom. The number of hydrogen-bond donors (Lipinski definition) is 1. The monoisotopic (exact) mass is 250 g/mol. The van der Waals surface area contributed by atoms with E-state index < -0.39 is 0 Å². The van der Waals surface area contributed by atoms with Crippen LogP contribution in [0, 0.1) is 17.3 Å². The van der Waals surface area contributed by atoms with E-state index in [-0.39, 0.29) is 0 Å². The summed E-state index contributed by atoms with van der Waals surface area (Å²) in [5.41, 5.74) is 0.577. The van der Waals surface area contributed by atoms with Crippen LogP contribution in [0.4, 0.5) is 0 Å². The lowest BCUT2D eigenvalue weighted by molar-refractivity contribution is 0.223. The van der Waals surface area contributed by atoms with E-state index in [0.29, 0.717) is 5.41 Å². The Morgan fingerprint density at radius 3 is 2.89 bits per heavy atom. The number of fused-ring (bicyclic) bond motifs is 1. The van der Waals surface area contributed by atoms with Crippen LogP contribution in [-0.2, 0) is 0 Å². The highest BCUT2D eigenvalue weighted by molar-refractivity contribution is 4.95. The zero-order valence-electron chi connectivity index (χ0n) is 12.3. The number of likely N-dealkylation sites (tertiary alicyclic amines) is 1. The van der Waals surface area contributed by atoms with Crippen molar-refractivity contribution in [3.8, 4) is 0 Å². The third kappa shape index (κ3) is 2.75. The largest absolute Gasteiger partial charge is 0.312 e. The Bertz CT molecular complexity index is 287. The Hall–Kier alpha value is -0.0800. The van der Waals surface area contributed by atoms with Gasteiger partial charge in [-0.1, -0.05) is 20.3 Å². The van der Waals surface area contributed by atoms with Crippen LogP contribution >= 0.6 is 0 Å². The van der Waals surface area contributed by atoms with E-state index in [1.165, 1.54) is 64.7 Å². The SMILES string of the molecule is CC1(C)CCCN(CC2NCC3CCCC32)CC1. The number of nitrogens with zero attached hydrogens (tertiary/aromatic N) is 1. The fourth-order valence-corrected chi connectivity index (χ4v) is 4.44. The molecule has 3 rings (SSSR count). The van der Waals surface area contributed by atoms with Crippen LogP contribution in [-0.4, -0.2) is 37.1 Å². The van der Waals surface area contributed by atoms with Crippen molar-refractivity contribution >= 4 is 0 Å². The summed E-state index contributed by atoms with van der Waals surface area (Å²) in [4.78, 5) is 2.74. The average molecular weight is 250 g/mol. The second-order valence-corrected chi connectivity index (χ2v) is 7.69. The van der Waals surface area contributed by atoms with Gasteiger partial charge in [-0.3, -0.25) is 0 Å². The molecular weight excluding hydrogens is 220 g/mol. The van der Waals surface area contributed by atoms with Crippen molar-refractivity contribution in [2.24, 2.45) is 17.3 Å². The predicted molar refractivity (Wildman–Crippen MR) is 76.7 cm³/mol. The molecule has 0 amide bonds. The summed E-state index contributed by atoms with van der Waals surface area (Å²) < 4.78 is 0. The minimum atomic E-state index is 0.577. The molecule has 0 aromatic heterocycles. The minimum Gasteiger partial charge on any atom is -0.312 e. The summed E-state index contributed by atoms with van der Waals surface area (Å²) in [6.45, 7) is 10.2. The Labute approximate surface area is 113 Å². The van der Waals surface area contributed by atoms with Crippen LogP contribution in [0.15, 0.2) is 0 Å². The molecule has 3 unspecified atom stereocenters. The lowest BCUT2D eigenvalue weighted by Gasteiger charge is -2.28. The van der Waals surface area contributed by atoms with Gasteiger partial charge in [0.1, 0.15) is 0 Å². The molecule has 2 nitrogen and oxygen atoms in total. The minimum absolute atomic E-state index is 0.577. The van der Waals surface area contributed by atoms with Gasteiger partial charge in [0.05, 0.1) is 0 Å². The van der Waals surface area contributed by atoms with E-state index in [0.717, 1.165) is 17.9 Å². The van der Waals surface area contributed by atoms with Gasteiger partial charge < -0.3 is 10.2 Å². The third-order valence-electron chi connectivity index (χ3n) is 5.76. The van der Waals surface area contributed by atoms with Crippen molar-refractivity contribution in [1.82, 2.24) is 10.2 Å². The van der Waals surface area contributed by atoms with Gasteiger partial charge in [-0.25, -0.2) is 0 Å². The van der Waals surface area contributed by atoms with Crippen molar-refractivity contribution in [1.29, 1.82) is 0 Å². The molecule has 0 aromatic carbocycles. The molecule has 0 radical (unpaired) electrons. The van der Waals surface area contributed by atoms with Gasteiger partial charge in [-0.2, -0.15) is 0 Å². The molecule has 3 aliphatic rings. The predicted octanol–water partition coefficient (Wildman–Crippen LogP) is 2.89. The van der Waals surface area contributed by atoms with E-state index in [9.17, 15) is 0 Å². The molecular formula is C16H30N2. The third-order valence-corrected chi connectivity index (χ3v) is 5.76. The highest BCUT2D eigenvalue weighted by Crippen LogP contribution is 2.38. The smallest absolute Gasteiger partial charge is 0.0226 e. The summed E-state index contributed by atoms with van der Waals surface area (Å²) in [5, 5.41) is 3.81. The van der Waals surface area contributed by atoms with Gasteiger partial charge in [0.15, 0.2) is 0 Å². The van der Waals surface area contributed by atoms with Crippen LogP contribution < -0.4 is 5.32 Å². The number of nitrogens with one attached hydrogen (secondary N) is 1. The van der Waals surface area contributed by atoms with Crippen LogP contribution in [0.25, 0.3) is 0 Å². The van der Waals surface area contributed by atoms with E-state index >= 15 is 0 Å². The maximum atomic E-state index is 3.81. The van der Waals surface area contributed by atoms with E-state index in [1.807, 2.05) is 0 Å². The number of hydrogen-bond acceptors (Lipinski definition) is 2. The Morgan fingerprint density at radius 1 is 1.11 bits per heavy atom. The lowest BCUT2D eigenvalue weighted by Crippen LogP contribution is -2.41. The Kier molecular flexibility index (Phi) is 3.68. The van der Waals surface area contributed by atoms with Crippen LogP contribution in [0.3, 0.4) is 0 Å². The molecule has 0 spiro atoms. The quantitative estimate of drug-likeness (QED) is 0.810. The van der Waals surface area contributed by atoms with Gasteiger partial charge in [-0.15, -0.1) is 0 Å². The summed E-state index contributed by atoms with van der Waals surface area (Å²) in [6, 6.07) is 0.804. The molecule has 2 aliphatic heterocycles. The standard InChI is InChI=1S/C16H30N2/c1-16(2)7-4-9-18(10-8-16)12-15-14-6-3-5-13(14)11-17-15/h13-15,17H,3-12H2,1-2H3. The van der Waals surface area contributed by atoms with Crippen molar-refractivity contribution in [3.63, 3.8) is 0 Å². The highest BCUT2D eigenvalue weighted by Gasteiger charge is 2.39. The normalized spacial score (nSPS) is 40.7. The molecule has 18 heavy (non-hydrogen) atoms. The van der Waals surface area contributed by atoms with Gasteiger partial charge >= 0.3 is 0 Å². The second-order valence-electron chi connectivity index (χ2n) is 7.69. The van der Waals surface area contributed by atoms with E-state index in [4.69, 9.17) is 0 Å². The zero-order valence-corrected chi connectivity index (χ0v) is 12.3. The maximum absolute atomic E-state index is 3.81. The molecule has 1 saturated carbocycles. The molecule has 3 fully saturated rings. The van der Waals surface area contributed by atoms with Crippen molar-refractivity contribution in [2.45, 2.75) is 58.4 Å². The molecule has 1 aliphatic carbocycles. The van der Waals surface area contributed by atoms with Crippen LogP contribution in [0.2, 0.25) is 0 Å². The first kappa shape index (κ1) is 12.9. The molecule has 104 valence electrons. The van der Waals surface area contributed by atoms with Gasteiger partial charge in [0, 0.05) is 12.6 Å². The van der Waals surface area contributed by atoms with Crippen molar-refractivity contribution < 1.29 is 0 Å². The van der Waals surface area contributed by atoms with E-state index in [2.05, 4.69) is 24.1 Å². The molecule has 3 atom stereocenters. The molecule has 2 heterocycles. The summed E-state index contributed by atoms with van der Waals surface area (Å²) in [6.07, 6.45) is 8.65. The van der Waals surface area contributed by atoms with E-state index in [1.54, 1.807) is 0 Å². The second kappa shape index (κ2) is 5.13. The maximum Gasteiger partial charge on any atom is 0.0226 e. The first-order chi connectivity index (χ1) is 8.64. The fraction of sp³-hybridized carbons (Fsp3) is 1.00. The zero-order chi connectivity index (χ0) is 12.6. The fourth-order valence-electron chi connectivity index (χ4n) is 4.44. The van der Waals surface area contributed by atoms with Gasteiger partial charge in [0.25, 0.3) is 0 Å². The molecule has 1 N–H and O–H groups in total. The molecule has 0 aromatic rings. The average Bonchev–Trinajstić information content (AvgIpc) is 2.86. The van der Waals surface area contributed by atoms with Gasteiger partial charge in [0.2, 0.25) is 0 Å².